The zero-order valence-electron chi connectivity index (χ0n) is 7.37. The molecule has 0 amide bonds. The molecule has 0 atom stereocenters. The molecule has 66 valence electrons. The Labute approximate surface area is 76.5 Å². The molecule has 0 fully saturated rings. The Kier molecular flexibility index (Phi) is 1.69. The summed E-state index contributed by atoms with van der Waals surface area (Å²) in [6, 6.07) is 5.26. The molecule has 2 rings (SSSR count). The maximum Gasteiger partial charge on any atom is 0.335 e. The van der Waals surface area contributed by atoms with Gasteiger partial charge in [0.15, 0.2) is 0 Å². The molecule has 2 nitrogen and oxygen atoms in total. The molecule has 0 aromatic heterocycles. The van der Waals surface area contributed by atoms with Crippen molar-refractivity contribution in [1.82, 2.24) is 0 Å². The number of hydrogen-bond acceptors (Lipinski definition) is 1. The van der Waals surface area contributed by atoms with Gasteiger partial charge in [-0.2, -0.15) is 0 Å². The molecule has 1 aliphatic carbocycles. The molecule has 0 unspecified atom stereocenters. The number of carboxylic acid groups (broad SMARTS) is 1. The molecule has 1 aliphatic rings. The minimum Gasteiger partial charge on any atom is -0.478 e. The van der Waals surface area contributed by atoms with Gasteiger partial charge in [0.05, 0.1) is 5.56 Å². The van der Waals surface area contributed by atoms with E-state index in [0.717, 1.165) is 12.0 Å². The van der Waals surface area contributed by atoms with Crippen molar-refractivity contribution >= 4 is 17.6 Å². The van der Waals surface area contributed by atoms with Gasteiger partial charge in [0, 0.05) is 0 Å². The van der Waals surface area contributed by atoms with Crippen LogP contribution in [0.4, 0.5) is 0 Å². The molecule has 0 heterocycles. The van der Waals surface area contributed by atoms with E-state index in [1.165, 1.54) is 11.1 Å². The lowest BCUT2D eigenvalue weighted by Gasteiger charge is -2.18. The summed E-state index contributed by atoms with van der Waals surface area (Å²) in [7, 11) is 0. The molecule has 0 spiro atoms. The van der Waals surface area contributed by atoms with Crippen LogP contribution >= 0.6 is 0 Å². The summed E-state index contributed by atoms with van der Waals surface area (Å²) in [5, 5.41) is 8.73. The third kappa shape index (κ3) is 1.15. The average Bonchev–Trinajstić information content (AvgIpc) is 2.07. The molecular weight excluding hydrogens is 164 g/mol. The first kappa shape index (κ1) is 8.05. The van der Waals surface area contributed by atoms with Crippen LogP contribution in [0.1, 0.15) is 34.8 Å². The second-order valence-corrected chi connectivity index (χ2v) is 3.13. The van der Waals surface area contributed by atoms with Crippen molar-refractivity contribution in [2.75, 3.05) is 0 Å². The Morgan fingerprint density at radius 3 is 2.77 bits per heavy atom. The molecule has 13 heavy (non-hydrogen) atoms. The number of hydrogen-bond donors (Lipinski definition) is 1. The monoisotopic (exact) mass is 174 g/mol. The molecule has 1 aromatic rings. The van der Waals surface area contributed by atoms with Crippen molar-refractivity contribution in [3.05, 3.63) is 34.9 Å². The van der Waals surface area contributed by atoms with Gasteiger partial charge in [-0.25, -0.2) is 4.79 Å². The van der Waals surface area contributed by atoms with E-state index in [1.54, 1.807) is 12.1 Å². The standard InChI is InChI=1S/C11H10O2/c1-2-7-5-9-6-8(11(12)13)3-4-10(7)9/h3-6H,2H2,1H3,(H,12,13). The second kappa shape index (κ2) is 2.73. The minimum atomic E-state index is -0.860. The fraction of sp³-hybridized carbons (Fsp3) is 0.182. The van der Waals surface area contributed by atoms with E-state index < -0.39 is 5.97 Å². The number of rotatable bonds is 2. The molecule has 0 aliphatic heterocycles. The van der Waals surface area contributed by atoms with Crippen LogP contribution in [0.5, 0.6) is 0 Å². The number of allylic oxidation sites excluding steroid dienone is 1. The van der Waals surface area contributed by atoms with Crippen molar-refractivity contribution in [2.24, 2.45) is 0 Å². The number of fused-ring (bicyclic) bond motifs is 1. The first-order chi connectivity index (χ1) is 6.22. The van der Waals surface area contributed by atoms with Gasteiger partial charge in [-0.3, -0.25) is 0 Å². The van der Waals surface area contributed by atoms with Crippen LogP contribution in [-0.2, 0) is 0 Å². The Hall–Kier alpha value is -1.57. The third-order valence-corrected chi connectivity index (χ3v) is 2.36. The molecule has 1 aromatic carbocycles. The highest BCUT2D eigenvalue weighted by Gasteiger charge is 2.15. The quantitative estimate of drug-likeness (QED) is 0.748. The van der Waals surface area contributed by atoms with Gasteiger partial charge >= 0.3 is 5.97 Å². The molecule has 0 saturated heterocycles. The second-order valence-electron chi connectivity index (χ2n) is 3.13. The maximum atomic E-state index is 10.6. The predicted octanol–water partition coefficient (Wildman–Crippen LogP) is 2.65. The van der Waals surface area contributed by atoms with Gasteiger partial charge in [0.25, 0.3) is 0 Å². The van der Waals surface area contributed by atoms with Crippen LogP contribution in [-0.4, -0.2) is 11.1 Å². The Balaban J connectivity index is 2.38. The summed E-state index contributed by atoms with van der Waals surface area (Å²) in [4.78, 5) is 10.6. The first-order valence-corrected chi connectivity index (χ1v) is 4.30. The normalized spacial score (nSPS) is 12.8. The van der Waals surface area contributed by atoms with E-state index in [9.17, 15) is 4.79 Å². The molecule has 0 bridgehead atoms. The zero-order chi connectivity index (χ0) is 9.42. The number of carboxylic acids is 1. The number of carbonyl (C=O) groups is 1. The zero-order valence-corrected chi connectivity index (χ0v) is 7.37. The Morgan fingerprint density at radius 2 is 2.23 bits per heavy atom. The van der Waals surface area contributed by atoms with Crippen molar-refractivity contribution < 1.29 is 9.90 Å². The van der Waals surface area contributed by atoms with E-state index >= 15 is 0 Å². The fourth-order valence-corrected chi connectivity index (χ4v) is 1.59. The largest absolute Gasteiger partial charge is 0.478 e. The predicted molar refractivity (Wildman–Crippen MR) is 51.6 cm³/mol. The summed E-state index contributed by atoms with van der Waals surface area (Å²) in [5.41, 5.74) is 3.93. The summed E-state index contributed by atoms with van der Waals surface area (Å²) >= 11 is 0. The smallest absolute Gasteiger partial charge is 0.335 e. The lowest BCUT2D eigenvalue weighted by Crippen LogP contribution is -2.02. The highest BCUT2D eigenvalue weighted by molar-refractivity contribution is 5.98. The summed E-state index contributed by atoms with van der Waals surface area (Å²) in [6.45, 7) is 2.10. The maximum absolute atomic E-state index is 10.6. The van der Waals surface area contributed by atoms with E-state index in [0.29, 0.717) is 5.56 Å². The van der Waals surface area contributed by atoms with Gasteiger partial charge in [-0.05, 0) is 35.3 Å². The first-order valence-electron chi connectivity index (χ1n) is 4.30. The van der Waals surface area contributed by atoms with Crippen molar-refractivity contribution in [3.63, 3.8) is 0 Å². The molecule has 1 N–H and O–H groups in total. The van der Waals surface area contributed by atoms with Crippen molar-refractivity contribution in [1.29, 1.82) is 0 Å². The van der Waals surface area contributed by atoms with E-state index in [1.807, 2.05) is 12.1 Å². The molecular formula is C11H10O2. The third-order valence-electron chi connectivity index (χ3n) is 2.36. The lowest BCUT2D eigenvalue weighted by molar-refractivity contribution is 0.0697. The van der Waals surface area contributed by atoms with Gasteiger partial charge < -0.3 is 5.11 Å². The summed E-state index contributed by atoms with van der Waals surface area (Å²) in [6.07, 6.45) is 3.06. The number of benzene rings is 1. The summed E-state index contributed by atoms with van der Waals surface area (Å²) in [5.74, 6) is -0.860. The Bertz CT molecular complexity index is 403. The fourth-order valence-electron chi connectivity index (χ4n) is 1.59. The van der Waals surface area contributed by atoms with Gasteiger partial charge in [0.2, 0.25) is 0 Å². The van der Waals surface area contributed by atoms with Gasteiger partial charge in [-0.1, -0.05) is 19.1 Å². The molecule has 2 heteroatoms. The van der Waals surface area contributed by atoms with Gasteiger partial charge in [0.1, 0.15) is 0 Å². The molecule has 0 saturated carbocycles. The van der Waals surface area contributed by atoms with Crippen molar-refractivity contribution in [3.8, 4) is 0 Å². The Morgan fingerprint density at radius 1 is 1.46 bits per heavy atom. The van der Waals surface area contributed by atoms with Crippen molar-refractivity contribution in [2.45, 2.75) is 13.3 Å². The topological polar surface area (TPSA) is 37.3 Å². The van der Waals surface area contributed by atoms with E-state index in [2.05, 4.69) is 6.92 Å². The molecule has 0 radical (unpaired) electrons. The highest BCUT2D eigenvalue weighted by Crippen LogP contribution is 2.34. The van der Waals surface area contributed by atoms with Gasteiger partial charge in [-0.15, -0.1) is 0 Å². The summed E-state index contributed by atoms with van der Waals surface area (Å²) < 4.78 is 0. The van der Waals surface area contributed by atoms with E-state index in [4.69, 9.17) is 5.11 Å². The number of aromatic carboxylic acids is 1. The van der Waals surface area contributed by atoms with Crippen LogP contribution in [0.15, 0.2) is 18.2 Å². The van der Waals surface area contributed by atoms with Crippen LogP contribution in [0.2, 0.25) is 0 Å². The minimum absolute atomic E-state index is 0.366. The van der Waals surface area contributed by atoms with Crippen LogP contribution < -0.4 is 0 Å². The van der Waals surface area contributed by atoms with Crippen LogP contribution in [0.25, 0.3) is 11.6 Å². The SMILES string of the molecule is CCC1=Cc2cc(C(=O)O)ccc21. The van der Waals surface area contributed by atoms with E-state index in [-0.39, 0.29) is 0 Å². The van der Waals surface area contributed by atoms with Crippen LogP contribution in [0, 0.1) is 0 Å². The average molecular weight is 174 g/mol. The van der Waals surface area contributed by atoms with Crippen LogP contribution in [0.3, 0.4) is 0 Å². The lowest BCUT2D eigenvalue weighted by atomic mass is 9.86. The highest BCUT2D eigenvalue weighted by atomic mass is 16.4.